The van der Waals surface area contributed by atoms with Crippen LogP contribution in [-0.2, 0) is 4.74 Å². The molecule has 0 radical (unpaired) electrons. The smallest absolute Gasteiger partial charge is 0.0669 e. The molecule has 3 heteroatoms. The molecule has 0 bridgehead atoms. The van der Waals surface area contributed by atoms with E-state index in [1.807, 2.05) is 18.7 Å². The maximum Gasteiger partial charge on any atom is 0.0669 e. The molecule has 1 heterocycles. The minimum absolute atomic E-state index is 0.0985. The second-order valence-electron chi connectivity index (χ2n) is 4.35. The highest BCUT2D eigenvalue weighted by Gasteiger charge is 2.25. The number of hydrogen-bond acceptors (Lipinski definition) is 3. The van der Waals surface area contributed by atoms with E-state index in [0.29, 0.717) is 11.4 Å². The van der Waals surface area contributed by atoms with Crippen molar-refractivity contribution in [3.8, 4) is 0 Å². The molecule has 2 rings (SSSR count). The molecule has 1 saturated heterocycles. The zero-order valence-electron chi connectivity index (χ0n) is 9.85. The first-order chi connectivity index (χ1) is 7.68. The molecule has 0 saturated carbocycles. The van der Waals surface area contributed by atoms with E-state index >= 15 is 0 Å². The summed E-state index contributed by atoms with van der Waals surface area (Å²) in [6.07, 6.45) is 1.49. The van der Waals surface area contributed by atoms with Gasteiger partial charge in [0.2, 0.25) is 0 Å². The fourth-order valence-electron chi connectivity index (χ4n) is 1.99. The number of ether oxygens (including phenoxy) is 1. The van der Waals surface area contributed by atoms with Crippen molar-refractivity contribution in [2.75, 3.05) is 6.61 Å². The summed E-state index contributed by atoms with van der Waals surface area (Å²) < 4.78 is 5.59. The maximum absolute atomic E-state index is 5.98. The van der Waals surface area contributed by atoms with Crippen LogP contribution in [-0.4, -0.2) is 18.0 Å². The summed E-state index contributed by atoms with van der Waals surface area (Å²) >= 11 is 1.91. The molecule has 0 aliphatic carbocycles. The molecule has 1 aliphatic heterocycles. The highest BCUT2D eigenvalue weighted by molar-refractivity contribution is 8.00. The van der Waals surface area contributed by atoms with Crippen LogP contribution in [0.4, 0.5) is 0 Å². The van der Waals surface area contributed by atoms with Crippen LogP contribution in [0.15, 0.2) is 29.2 Å². The Hall–Kier alpha value is -0.510. The van der Waals surface area contributed by atoms with Gasteiger partial charge in [-0.1, -0.05) is 18.2 Å². The first-order valence-corrected chi connectivity index (χ1v) is 6.69. The summed E-state index contributed by atoms with van der Waals surface area (Å²) in [4.78, 5) is 1.31. The zero-order valence-corrected chi connectivity index (χ0v) is 10.7. The van der Waals surface area contributed by atoms with Crippen molar-refractivity contribution in [3.05, 3.63) is 29.8 Å². The van der Waals surface area contributed by atoms with Gasteiger partial charge in [0.1, 0.15) is 0 Å². The molecule has 1 aromatic carbocycles. The number of nitrogens with two attached hydrogens (primary N) is 1. The van der Waals surface area contributed by atoms with Gasteiger partial charge in [0.05, 0.1) is 6.10 Å². The Morgan fingerprint density at radius 2 is 2.19 bits per heavy atom. The van der Waals surface area contributed by atoms with Crippen molar-refractivity contribution in [1.29, 1.82) is 0 Å². The molecular weight excluding hydrogens is 218 g/mol. The third-order valence-corrected chi connectivity index (χ3v) is 4.54. The van der Waals surface area contributed by atoms with Crippen LogP contribution in [0.1, 0.15) is 31.9 Å². The molecule has 0 aromatic heterocycles. The third-order valence-electron chi connectivity index (χ3n) is 2.99. The van der Waals surface area contributed by atoms with Crippen molar-refractivity contribution < 1.29 is 4.74 Å². The lowest BCUT2D eigenvalue weighted by Crippen LogP contribution is -2.14. The average molecular weight is 237 g/mol. The van der Waals surface area contributed by atoms with Gasteiger partial charge in [0.25, 0.3) is 0 Å². The summed E-state index contributed by atoms with van der Waals surface area (Å²) in [5.41, 5.74) is 7.22. The molecule has 3 atom stereocenters. The van der Waals surface area contributed by atoms with Crippen LogP contribution in [0.2, 0.25) is 0 Å². The Bertz CT molecular complexity index is 354. The van der Waals surface area contributed by atoms with Crippen LogP contribution in [0.25, 0.3) is 0 Å². The second-order valence-corrected chi connectivity index (χ2v) is 5.63. The van der Waals surface area contributed by atoms with E-state index in [4.69, 9.17) is 10.5 Å². The monoisotopic (exact) mass is 237 g/mol. The molecular formula is C13H19NOS. The van der Waals surface area contributed by atoms with Gasteiger partial charge in [0.15, 0.2) is 0 Å². The van der Waals surface area contributed by atoms with Gasteiger partial charge in [-0.3, -0.25) is 0 Å². The minimum atomic E-state index is 0.0985. The van der Waals surface area contributed by atoms with Gasteiger partial charge >= 0.3 is 0 Å². The van der Waals surface area contributed by atoms with Gasteiger partial charge in [-0.15, -0.1) is 11.8 Å². The van der Waals surface area contributed by atoms with Crippen LogP contribution >= 0.6 is 11.8 Å². The number of hydrogen-bond donors (Lipinski definition) is 1. The first kappa shape index (κ1) is 12.0. The highest BCUT2D eigenvalue weighted by Crippen LogP contribution is 2.35. The summed E-state index contributed by atoms with van der Waals surface area (Å²) in [5.74, 6) is 0. The molecule has 2 nitrogen and oxygen atoms in total. The molecule has 0 spiro atoms. The quantitative estimate of drug-likeness (QED) is 0.877. The molecule has 0 amide bonds. The predicted molar refractivity (Wildman–Crippen MR) is 68.7 cm³/mol. The van der Waals surface area contributed by atoms with Crippen LogP contribution < -0.4 is 5.73 Å². The van der Waals surface area contributed by atoms with Gasteiger partial charge in [-0.05, 0) is 31.9 Å². The largest absolute Gasteiger partial charge is 0.377 e. The zero-order chi connectivity index (χ0) is 11.5. The van der Waals surface area contributed by atoms with E-state index in [2.05, 4.69) is 31.2 Å². The molecule has 1 fully saturated rings. The topological polar surface area (TPSA) is 35.2 Å². The van der Waals surface area contributed by atoms with E-state index in [1.165, 1.54) is 10.5 Å². The van der Waals surface area contributed by atoms with Crippen LogP contribution in [0.5, 0.6) is 0 Å². The fourth-order valence-corrected chi connectivity index (χ4v) is 3.35. The lowest BCUT2D eigenvalue weighted by atomic mass is 10.1. The first-order valence-electron chi connectivity index (χ1n) is 5.81. The van der Waals surface area contributed by atoms with Crippen molar-refractivity contribution in [2.24, 2.45) is 5.73 Å². The number of thioether (sulfide) groups is 1. The molecule has 1 aliphatic rings. The van der Waals surface area contributed by atoms with E-state index in [0.717, 1.165) is 13.0 Å². The Labute approximate surface area is 102 Å². The molecule has 2 N–H and O–H groups in total. The average Bonchev–Trinajstić information content (AvgIpc) is 2.65. The van der Waals surface area contributed by atoms with E-state index in [9.17, 15) is 0 Å². The number of benzene rings is 1. The predicted octanol–water partition coefficient (Wildman–Crippen LogP) is 2.98. The summed E-state index contributed by atoms with van der Waals surface area (Å²) in [6, 6.07) is 8.51. The van der Waals surface area contributed by atoms with E-state index in [1.54, 1.807) is 0 Å². The maximum atomic E-state index is 5.98. The lowest BCUT2D eigenvalue weighted by Gasteiger charge is -2.17. The van der Waals surface area contributed by atoms with Crippen LogP contribution in [0, 0.1) is 0 Å². The molecule has 88 valence electrons. The Morgan fingerprint density at radius 1 is 1.44 bits per heavy atom. The SMILES string of the molecule is CC1OCCC1Sc1ccccc1[C@H](C)N. The Balaban J connectivity index is 2.14. The second kappa shape index (κ2) is 5.21. The Morgan fingerprint density at radius 3 is 2.81 bits per heavy atom. The van der Waals surface area contributed by atoms with Crippen molar-refractivity contribution >= 4 is 11.8 Å². The number of rotatable bonds is 3. The molecule has 2 unspecified atom stereocenters. The summed E-state index contributed by atoms with van der Waals surface area (Å²) in [7, 11) is 0. The normalized spacial score (nSPS) is 26.9. The van der Waals surface area contributed by atoms with Crippen molar-refractivity contribution in [1.82, 2.24) is 0 Å². The lowest BCUT2D eigenvalue weighted by molar-refractivity contribution is 0.127. The standard InChI is InChI=1S/C13H19NOS/c1-9(14)11-5-3-4-6-13(11)16-12-7-8-15-10(12)2/h3-6,9-10,12H,7-8,14H2,1-2H3/t9-,10?,12?/m0/s1. The fraction of sp³-hybridized carbons (Fsp3) is 0.538. The molecule has 1 aromatic rings. The van der Waals surface area contributed by atoms with Crippen molar-refractivity contribution in [3.63, 3.8) is 0 Å². The third kappa shape index (κ3) is 2.59. The summed E-state index contributed by atoms with van der Waals surface area (Å²) in [5, 5.41) is 0.569. The van der Waals surface area contributed by atoms with Gasteiger partial charge in [0, 0.05) is 22.8 Å². The van der Waals surface area contributed by atoms with Crippen LogP contribution in [0.3, 0.4) is 0 Å². The molecule has 16 heavy (non-hydrogen) atoms. The van der Waals surface area contributed by atoms with Gasteiger partial charge < -0.3 is 10.5 Å². The van der Waals surface area contributed by atoms with Gasteiger partial charge in [-0.25, -0.2) is 0 Å². The van der Waals surface area contributed by atoms with Gasteiger partial charge in [-0.2, -0.15) is 0 Å². The highest BCUT2D eigenvalue weighted by atomic mass is 32.2. The Kier molecular flexibility index (Phi) is 3.90. The van der Waals surface area contributed by atoms with E-state index in [-0.39, 0.29) is 6.04 Å². The minimum Gasteiger partial charge on any atom is -0.377 e. The summed E-state index contributed by atoms with van der Waals surface area (Å²) in [6.45, 7) is 5.08. The van der Waals surface area contributed by atoms with E-state index < -0.39 is 0 Å². The van der Waals surface area contributed by atoms with Crippen molar-refractivity contribution in [2.45, 2.75) is 42.6 Å².